The molecule has 0 atom stereocenters. The van der Waals surface area contributed by atoms with Gasteiger partial charge in [-0.05, 0) is 116 Å². The van der Waals surface area contributed by atoms with Crippen molar-refractivity contribution in [3.8, 4) is 11.1 Å². The Balaban J connectivity index is 1.15. The van der Waals surface area contributed by atoms with Gasteiger partial charge in [0.1, 0.15) is 0 Å². The lowest BCUT2D eigenvalue weighted by molar-refractivity contribution is 0.661. The summed E-state index contributed by atoms with van der Waals surface area (Å²) < 4.78 is 0. The van der Waals surface area contributed by atoms with Crippen molar-refractivity contribution in [3.63, 3.8) is 0 Å². The molecule has 0 aliphatic heterocycles. The van der Waals surface area contributed by atoms with E-state index in [4.69, 9.17) is 0 Å². The van der Waals surface area contributed by atoms with Gasteiger partial charge >= 0.3 is 0 Å². The Morgan fingerprint density at radius 3 is 1.38 bits per heavy atom. The van der Waals surface area contributed by atoms with Crippen molar-refractivity contribution in [1.82, 2.24) is 0 Å². The third kappa shape index (κ3) is 6.79. The van der Waals surface area contributed by atoms with Gasteiger partial charge in [-0.15, -0.1) is 0 Å². The molecule has 4 heteroatoms. The van der Waals surface area contributed by atoms with Crippen LogP contribution < -0.4 is 20.2 Å². The fourth-order valence-electron chi connectivity index (χ4n) is 9.58. The van der Waals surface area contributed by atoms with Gasteiger partial charge in [0.05, 0.1) is 21.8 Å². The Kier molecular flexibility index (Phi) is 9.24. The van der Waals surface area contributed by atoms with E-state index < -0.39 is 16.1 Å². The standard InChI is InChI=1S/C57H54N2Si2/c1-57(2)53-37-47(58(43-17-11-9-12-18-43)45-27-23-39-25-30-48(60(3,4)5)35-41(39)33-45)29-32-52(53)56-51-22-16-15-21-50(51)55(38-54(56)57)59(44-19-13-10-14-20-44)46-28-24-40-26-31-49(61(6,7)8)36-42(40)34-46/h9-38H,1-8H3. The van der Waals surface area contributed by atoms with E-state index in [-0.39, 0.29) is 5.41 Å². The molecule has 300 valence electrons. The molecular weight excluding hydrogens is 769 g/mol. The number of hydrogen-bond acceptors (Lipinski definition) is 2. The number of rotatable bonds is 8. The lowest BCUT2D eigenvalue weighted by Gasteiger charge is -2.30. The van der Waals surface area contributed by atoms with E-state index in [9.17, 15) is 0 Å². The first-order chi connectivity index (χ1) is 29.3. The Labute approximate surface area is 363 Å². The predicted molar refractivity (Wildman–Crippen MR) is 272 cm³/mol. The Bertz CT molecular complexity index is 3140. The second-order valence-electron chi connectivity index (χ2n) is 19.6. The SMILES string of the molecule is CC1(C)c2cc(N(c3ccccc3)c3ccc4ccc([Si](C)(C)C)cc4c3)ccc2-c2c1cc(N(c1ccccc1)c1ccc3ccc([Si](C)(C)C)cc3c1)c1ccccc21. The second kappa shape index (κ2) is 14.5. The van der Waals surface area contributed by atoms with E-state index in [1.165, 1.54) is 76.3 Å². The fourth-order valence-corrected chi connectivity index (χ4v) is 11.9. The molecule has 0 amide bonds. The van der Waals surface area contributed by atoms with Crippen LogP contribution in [0.25, 0.3) is 43.4 Å². The van der Waals surface area contributed by atoms with Crippen molar-refractivity contribution in [2.45, 2.75) is 58.5 Å². The summed E-state index contributed by atoms with van der Waals surface area (Å²) in [6.45, 7) is 19.4. The van der Waals surface area contributed by atoms with Gasteiger partial charge in [0.2, 0.25) is 0 Å². The van der Waals surface area contributed by atoms with E-state index in [0.717, 1.165) is 22.7 Å². The molecule has 0 unspecified atom stereocenters. The Morgan fingerprint density at radius 2 is 0.820 bits per heavy atom. The molecule has 9 aromatic carbocycles. The van der Waals surface area contributed by atoms with E-state index in [1.54, 1.807) is 0 Å². The van der Waals surface area contributed by atoms with Crippen LogP contribution in [0.1, 0.15) is 25.0 Å². The van der Waals surface area contributed by atoms with Crippen LogP contribution in [0.3, 0.4) is 0 Å². The zero-order valence-electron chi connectivity index (χ0n) is 36.7. The van der Waals surface area contributed by atoms with Crippen LogP contribution in [0.5, 0.6) is 0 Å². The minimum Gasteiger partial charge on any atom is -0.310 e. The molecule has 0 spiro atoms. The highest BCUT2D eigenvalue weighted by atomic mass is 28.3. The maximum absolute atomic E-state index is 2.50. The maximum atomic E-state index is 2.50. The van der Waals surface area contributed by atoms with E-state index in [1.807, 2.05) is 0 Å². The fraction of sp³-hybridized carbons (Fsp3) is 0.158. The van der Waals surface area contributed by atoms with Crippen molar-refractivity contribution in [3.05, 3.63) is 193 Å². The summed E-state index contributed by atoms with van der Waals surface area (Å²) in [5, 5.41) is 10.6. The molecule has 2 nitrogen and oxygen atoms in total. The van der Waals surface area contributed by atoms with Crippen molar-refractivity contribution in [2.75, 3.05) is 9.80 Å². The molecule has 0 saturated carbocycles. The molecule has 0 bridgehead atoms. The van der Waals surface area contributed by atoms with Gasteiger partial charge < -0.3 is 9.80 Å². The van der Waals surface area contributed by atoms with Crippen molar-refractivity contribution in [2.24, 2.45) is 0 Å². The predicted octanol–water partition coefficient (Wildman–Crippen LogP) is 15.5. The van der Waals surface area contributed by atoms with Crippen LogP contribution in [0.2, 0.25) is 39.3 Å². The van der Waals surface area contributed by atoms with Crippen LogP contribution in [0, 0.1) is 0 Å². The normalized spacial score (nSPS) is 13.4. The summed E-state index contributed by atoms with van der Waals surface area (Å²) in [6.07, 6.45) is 0. The van der Waals surface area contributed by atoms with Crippen LogP contribution in [0.4, 0.5) is 34.1 Å². The smallest absolute Gasteiger partial charge is 0.0776 e. The topological polar surface area (TPSA) is 6.48 Å². The molecule has 0 saturated heterocycles. The summed E-state index contributed by atoms with van der Waals surface area (Å²) >= 11 is 0. The Hall–Kier alpha value is -6.21. The van der Waals surface area contributed by atoms with Crippen molar-refractivity contribution < 1.29 is 0 Å². The highest BCUT2D eigenvalue weighted by molar-refractivity contribution is 6.89. The molecular formula is C57H54N2Si2. The minimum atomic E-state index is -1.50. The summed E-state index contributed by atoms with van der Waals surface area (Å²) in [7, 11) is -2.99. The maximum Gasteiger partial charge on any atom is 0.0776 e. The molecule has 0 fully saturated rings. The zero-order valence-corrected chi connectivity index (χ0v) is 38.7. The van der Waals surface area contributed by atoms with Gasteiger partial charge in [-0.1, -0.05) is 179 Å². The lowest BCUT2D eigenvalue weighted by atomic mass is 9.81. The summed E-state index contributed by atoms with van der Waals surface area (Å²) in [5.41, 5.74) is 12.1. The summed E-state index contributed by atoms with van der Waals surface area (Å²) in [4.78, 5) is 4.92. The lowest BCUT2D eigenvalue weighted by Crippen LogP contribution is -2.37. The number of fused-ring (bicyclic) bond motifs is 7. The third-order valence-electron chi connectivity index (χ3n) is 13.1. The highest BCUT2D eigenvalue weighted by Crippen LogP contribution is 2.56. The van der Waals surface area contributed by atoms with Crippen LogP contribution in [-0.2, 0) is 5.41 Å². The molecule has 9 aromatic rings. The van der Waals surface area contributed by atoms with Gasteiger partial charge in [-0.25, -0.2) is 0 Å². The molecule has 0 aromatic heterocycles. The number of para-hydroxylation sites is 2. The molecule has 0 heterocycles. The molecule has 0 N–H and O–H groups in total. The van der Waals surface area contributed by atoms with Crippen LogP contribution in [-0.4, -0.2) is 16.1 Å². The van der Waals surface area contributed by atoms with Gasteiger partial charge in [-0.3, -0.25) is 0 Å². The molecule has 10 rings (SSSR count). The molecule has 0 radical (unpaired) electrons. The molecule has 1 aliphatic rings. The van der Waals surface area contributed by atoms with Crippen molar-refractivity contribution >= 4 is 93.0 Å². The average molecular weight is 823 g/mol. The Morgan fingerprint density at radius 1 is 0.361 bits per heavy atom. The van der Waals surface area contributed by atoms with Crippen LogP contribution >= 0.6 is 0 Å². The first kappa shape index (κ1) is 39.0. The number of hydrogen-bond donors (Lipinski definition) is 0. The largest absolute Gasteiger partial charge is 0.310 e. The minimum absolute atomic E-state index is 0.268. The van der Waals surface area contributed by atoms with Crippen LogP contribution in [0.15, 0.2) is 182 Å². The monoisotopic (exact) mass is 822 g/mol. The third-order valence-corrected chi connectivity index (χ3v) is 17.2. The quantitative estimate of drug-likeness (QED) is 0.141. The van der Waals surface area contributed by atoms with Gasteiger partial charge in [0.15, 0.2) is 0 Å². The van der Waals surface area contributed by atoms with Gasteiger partial charge in [0, 0.05) is 39.2 Å². The first-order valence-electron chi connectivity index (χ1n) is 21.8. The van der Waals surface area contributed by atoms with E-state index in [2.05, 4.69) is 245 Å². The molecule has 61 heavy (non-hydrogen) atoms. The van der Waals surface area contributed by atoms with Gasteiger partial charge in [0.25, 0.3) is 0 Å². The molecule has 1 aliphatic carbocycles. The average Bonchev–Trinajstić information content (AvgIpc) is 3.48. The van der Waals surface area contributed by atoms with Gasteiger partial charge in [-0.2, -0.15) is 0 Å². The second-order valence-corrected chi connectivity index (χ2v) is 29.7. The van der Waals surface area contributed by atoms with E-state index in [0.29, 0.717) is 0 Å². The van der Waals surface area contributed by atoms with E-state index >= 15 is 0 Å². The number of benzene rings is 9. The highest BCUT2D eigenvalue weighted by Gasteiger charge is 2.38. The number of anilines is 6. The number of nitrogens with zero attached hydrogens (tertiary/aromatic N) is 2. The zero-order chi connectivity index (χ0) is 42.3. The van der Waals surface area contributed by atoms with Crippen molar-refractivity contribution in [1.29, 1.82) is 0 Å². The first-order valence-corrected chi connectivity index (χ1v) is 28.8. The summed E-state index contributed by atoms with van der Waals surface area (Å²) in [6, 6.07) is 68.6. The summed E-state index contributed by atoms with van der Waals surface area (Å²) in [5.74, 6) is 0.